The van der Waals surface area contributed by atoms with E-state index in [2.05, 4.69) is 17.1 Å². The Morgan fingerprint density at radius 1 is 1.08 bits per heavy atom. The normalized spacial score (nSPS) is 9.00. The van der Waals surface area contributed by atoms with Crippen molar-refractivity contribution in [2.75, 3.05) is 0 Å². The number of hydrogen-bond donors (Lipinski definition) is 0. The molecule has 0 saturated heterocycles. The molecule has 2 aromatic rings. The molecule has 1 nitrogen and oxygen atoms in total. The maximum Gasteiger partial charge on any atom is 0.123 e. The van der Waals surface area contributed by atoms with Gasteiger partial charge in [0, 0.05) is 36.6 Å². The average molecular weight is 227 g/mol. The van der Waals surface area contributed by atoms with Gasteiger partial charge < -0.3 is 0 Å². The van der Waals surface area contributed by atoms with Gasteiger partial charge in [0.05, 0.1) is 0 Å². The Labute approximate surface area is 88.2 Å². The summed E-state index contributed by atoms with van der Waals surface area (Å²) < 4.78 is 0. The van der Waals surface area contributed by atoms with E-state index in [1.54, 1.807) is 11.3 Å². The van der Waals surface area contributed by atoms with Crippen LogP contribution in [0.1, 0.15) is 0 Å². The Morgan fingerprint density at radius 3 is 2.42 bits per heavy atom. The van der Waals surface area contributed by atoms with Gasteiger partial charge in [-0.05, 0) is 0 Å². The van der Waals surface area contributed by atoms with Crippen molar-refractivity contribution in [2.45, 2.75) is 0 Å². The van der Waals surface area contributed by atoms with Crippen LogP contribution in [0.4, 0.5) is 0 Å². The molecular weight excluding hydrogens is 220 g/mol. The van der Waals surface area contributed by atoms with E-state index in [4.69, 9.17) is 0 Å². The van der Waals surface area contributed by atoms with Crippen LogP contribution in [0.15, 0.2) is 41.9 Å². The predicted octanol–water partition coefficient (Wildman–Crippen LogP) is 2.81. The van der Waals surface area contributed by atoms with E-state index < -0.39 is 0 Å². The van der Waals surface area contributed by atoms with Crippen LogP contribution in [-0.2, 0) is 19.5 Å². The number of benzene rings is 1. The molecule has 0 atom stereocenters. The third-order valence-electron chi connectivity index (χ3n) is 1.45. The molecule has 0 fully saturated rings. The average Bonchev–Trinajstić information content (AvgIpc) is 2.58. The van der Waals surface area contributed by atoms with Crippen LogP contribution in [0.25, 0.3) is 10.6 Å². The molecule has 12 heavy (non-hydrogen) atoms. The van der Waals surface area contributed by atoms with E-state index in [-0.39, 0.29) is 19.5 Å². The van der Waals surface area contributed by atoms with Crippen molar-refractivity contribution < 1.29 is 19.5 Å². The van der Waals surface area contributed by atoms with Gasteiger partial charge in [-0.25, -0.2) is 4.98 Å². The molecule has 0 aliphatic carbocycles. The van der Waals surface area contributed by atoms with Gasteiger partial charge in [0.15, 0.2) is 0 Å². The minimum Gasteiger partial charge on any atom is -0.245 e. The molecule has 0 bridgehead atoms. The summed E-state index contributed by atoms with van der Waals surface area (Å²) in [6, 6.07) is 10.2. The fraction of sp³-hybridized carbons (Fsp3) is 0. The summed E-state index contributed by atoms with van der Waals surface area (Å²) in [4.78, 5) is 4.20. The molecule has 3 heteroatoms. The second-order valence-corrected chi connectivity index (χ2v) is 3.10. The van der Waals surface area contributed by atoms with Gasteiger partial charge in [-0.15, -0.1) is 11.3 Å². The Morgan fingerprint density at radius 2 is 1.83 bits per heavy atom. The first-order valence-corrected chi connectivity index (χ1v) is 4.30. The fourth-order valence-corrected chi connectivity index (χ4v) is 1.59. The van der Waals surface area contributed by atoms with E-state index in [0.29, 0.717) is 0 Å². The first kappa shape index (κ1) is 9.56. The van der Waals surface area contributed by atoms with E-state index in [0.717, 1.165) is 5.01 Å². The molecule has 1 heterocycles. The number of rotatable bonds is 1. The van der Waals surface area contributed by atoms with E-state index in [1.165, 1.54) is 5.56 Å². The quantitative estimate of drug-likeness (QED) is 0.682. The van der Waals surface area contributed by atoms with Gasteiger partial charge in [0.1, 0.15) is 5.01 Å². The first-order valence-electron chi connectivity index (χ1n) is 3.42. The van der Waals surface area contributed by atoms with Gasteiger partial charge in [0.2, 0.25) is 0 Å². The molecule has 0 N–H and O–H groups in total. The third-order valence-corrected chi connectivity index (χ3v) is 2.28. The SMILES string of the molecule is [Zn].c1ccc(-c2nccs2)cc1. The van der Waals surface area contributed by atoms with Gasteiger partial charge in [-0.1, -0.05) is 30.3 Å². The van der Waals surface area contributed by atoms with E-state index in [1.807, 2.05) is 29.8 Å². The Balaban J connectivity index is 0.000000720. The van der Waals surface area contributed by atoms with Crippen molar-refractivity contribution >= 4 is 11.3 Å². The monoisotopic (exact) mass is 225 g/mol. The zero-order chi connectivity index (χ0) is 7.52. The van der Waals surface area contributed by atoms with Crippen LogP contribution < -0.4 is 0 Å². The number of aromatic nitrogens is 1. The topological polar surface area (TPSA) is 12.9 Å². The summed E-state index contributed by atoms with van der Waals surface area (Å²) in [5.74, 6) is 0. The Hall–Kier alpha value is -0.527. The van der Waals surface area contributed by atoms with E-state index in [9.17, 15) is 0 Å². The first-order chi connectivity index (χ1) is 5.47. The van der Waals surface area contributed by atoms with Crippen LogP contribution >= 0.6 is 11.3 Å². The molecule has 2 rings (SSSR count). The largest absolute Gasteiger partial charge is 0.245 e. The van der Waals surface area contributed by atoms with E-state index >= 15 is 0 Å². The predicted molar refractivity (Wildman–Crippen MR) is 47.6 cm³/mol. The zero-order valence-corrected chi connectivity index (χ0v) is 10.4. The second-order valence-electron chi connectivity index (χ2n) is 2.20. The van der Waals surface area contributed by atoms with Gasteiger partial charge in [0.25, 0.3) is 0 Å². The summed E-state index contributed by atoms with van der Waals surface area (Å²) in [6.07, 6.45) is 1.83. The molecule has 0 radical (unpaired) electrons. The maximum absolute atomic E-state index is 4.20. The van der Waals surface area contributed by atoms with Crippen molar-refractivity contribution in [3.05, 3.63) is 41.9 Å². The summed E-state index contributed by atoms with van der Waals surface area (Å²) in [7, 11) is 0. The van der Waals surface area contributed by atoms with Crippen molar-refractivity contribution in [3.63, 3.8) is 0 Å². The number of thiazole rings is 1. The maximum atomic E-state index is 4.20. The molecule has 0 aliphatic heterocycles. The molecule has 0 saturated carbocycles. The van der Waals surface area contributed by atoms with Crippen LogP contribution in [0.3, 0.4) is 0 Å². The molecule has 56 valence electrons. The van der Waals surface area contributed by atoms with Crippen molar-refractivity contribution in [2.24, 2.45) is 0 Å². The van der Waals surface area contributed by atoms with Crippen LogP contribution in [0.5, 0.6) is 0 Å². The van der Waals surface area contributed by atoms with Crippen molar-refractivity contribution in [1.82, 2.24) is 4.98 Å². The van der Waals surface area contributed by atoms with Gasteiger partial charge in [-0.2, -0.15) is 0 Å². The van der Waals surface area contributed by atoms with Crippen LogP contribution in [0.2, 0.25) is 0 Å². The van der Waals surface area contributed by atoms with Crippen LogP contribution in [-0.4, -0.2) is 4.98 Å². The second kappa shape index (κ2) is 4.49. The molecule has 0 spiro atoms. The minimum absolute atomic E-state index is 0. The Bertz CT molecular complexity index is 318. The zero-order valence-electron chi connectivity index (χ0n) is 6.60. The molecule has 1 aromatic carbocycles. The number of nitrogens with zero attached hydrogens (tertiary/aromatic N) is 1. The molecule has 0 aliphatic rings. The van der Waals surface area contributed by atoms with Crippen LogP contribution in [0, 0.1) is 0 Å². The molecule has 0 unspecified atom stereocenters. The van der Waals surface area contributed by atoms with Crippen molar-refractivity contribution in [1.29, 1.82) is 0 Å². The summed E-state index contributed by atoms with van der Waals surface area (Å²) in [5.41, 5.74) is 1.20. The van der Waals surface area contributed by atoms with Crippen molar-refractivity contribution in [3.8, 4) is 10.6 Å². The third kappa shape index (κ3) is 1.99. The minimum atomic E-state index is 0. The summed E-state index contributed by atoms with van der Waals surface area (Å²) in [5, 5.41) is 3.08. The molecule has 0 amide bonds. The standard InChI is InChI=1S/C9H7NS.Zn/c1-2-4-8(5-3-1)9-10-6-7-11-9;/h1-7H;. The van der Waals surface area contributed by atoms with Gasteiger partial charge in [-0.3, -0.25) is 0 Å². The summed E-state index contributed by atoms with van der Waals surface area (Å²) in [6.45, 7) is 0. The fourth-order valence-electron chi connectivity index (χ4n) is 0.947. The smallest absolute Gasteiger partial charge is 0.123 e. The molecular formula is C9H7NSZn. The number of hydrogen-bond acceptors (Lipinski definition) is 2. The Kier molecular flexibility index (Phi) is 3.57. The van der Waals surface area contributed by atoms with Gasteiger partial charge >= 0.3 is 0 Å². The molecule has 1 aromatic heterocycles. The summed E-state index contributed by atoms with van der Waals surface area (Å²) >= 11 is 1.66.